The minimum absolute atomic E-state index is 0.156. The second-order valence-electron chi connectivity index (χ2n) is 4.51. The molecule has 3 aromatic rings. The molecule has 1 aromatic heterocycles. The van der Waals surface area contributed by atoms with Crippen molar-refractivity contribution in [2.75, 3.05) is 5.73 Å². The summed E-state index contributed by atoms with van der Waals surface area (Å²) in [5.41, 5.74) is 9.00. The van der Waals surface area contributed by atoms with Crippen molar-refractivity contribution in [2.24, 2.45) is 0 Å². The highest BCUT2D eigenvalue weighted by Gasteiger charge is 2.14. The number of benzene rings is 2. The number of aryl methyl sites for hydroxylation is 1. The van der Waals surface area contributed by atoms with Crippen molar-refractivity contribution in [3.8, 4) is 28.6 Å². The van der Waals surface area contributed by atoms with E-state index in [1.165, 1.54) is 0 Å². The molecular weight excluding hydrogens is 254 g/mol. The number of aromatic hydroxyl groups is 1. The van der Waals surface area contributed by atoms with Gasteiger partial charge in [0.1, 0.15) is 5.75 Å². The topological polar surface area (TPSA) is 85.2 Å². The molecule has 0 saturated carbocycles. The number of rotatable bonds is 2. The van der Waals surface area contributed by atoms with Crippen LogP contribution < -0.4 is 5.73 Å². The molecule has 5 nitrogen and oxygen atoms in total. The Morgan fingerprint density at radius 1 is 1.15 bits per heavy atom. The van der Waals surface area contributed by atoms with E-state index in [1.54, 1.807) is 24.3 Å². The van der Waals surface area contributed by atoms with Crippen LogP contribution in [0, 0.1) is 6.92 Å². The highest BCUT2D eigenvalue weighted by molar-refractivity contribution is 5.74. The fourth-order valence-corrected chi connectivity index (χ4v) is 1.96. The molecule has 0 aliphatic carbocycles. The molecule has 0 fully saturated rings. The van der Waals surface area contributed by atoms with Crippen molar-refractivity contribution in [3.05, 3.63) is 48.0 Å². The summed E-state index contributed by atoms with van der Waals surface area (Å²) in [5.74, 6) is 0.935. The van der Waals surface area contributed by atoms with Crippen molar-refractivity contribution in [3.63, 3.8) is 0 Å². The van der Waals surface area contributed by atoms with Crippen molar-refractivity contribution >= 4 is 5.69 Å². The fraction of sp³-hybridized carbons (Fsp3) is 0.0667. The molecule has 0 atom stereocenters. The van der Waals surface area contributed by atoms with Crippen LogP contribution in [0.2, 0.25) is 0 Å². The van der Waals surface area contributed by atoms with E-state index in [0.717, 1.165) is 5.56 Å². The monoisotopic (exact) mass is 267 g/mol. The summed E-state index contributed by atoms with van der Waals surface area (Å²) >= 11 is 0. The Balaban J connectivity index is 2.04. The van der Waals surface area contributed by atoms with Gasteiger partial charge in [-0.05, 0) is 30.7 Å². The number of anilines is 1. The number of hydrogen-bond donors (Lipinski definition) is 2. The van der Waals surface area contributed by atoms with Gasteiger partial charge in [0.2, 0.25) is 5.82 Å². The Labute approximate surface area is 115 Å². The molecule has 100 valence electrons. The van der Waals surface area contributed by atoms with Crippen LogP contribution in [-0.2, 0) is 0 Å². The van der Waals surface area contributed by atoms with E-state index in [9.17, 15) is 5.11 Å². The third-order valence-corrected chi connectivity index (χ3v) is 3.08. The van der Waals surface area contributed by atoms with Crippen molar-refractivity contribution in [1.29, 1.82) is 0 Å². The summed E-state index contributed by atoms with van der Waals surface area (Å²) in [6.45, 7) is 1.92. The van der Waals surface area contributed by atoms with Gasteiger partial charge in [0.05, 0.1) is 5.56 Å². The average molecular weight is 267 g/mol. The zero-order valence-electron chi connectivity index (χ0n) is 10.9. The van der Waals surface area contributed by atoms with Gasteiger partial charge in [-0.1, -0.05) is 29.4 Å². The number of hydrogen-bond acceptors (Lipinski definition) is 5. The van der Waals surface area contributed by atoms with Crippen LogP contribution in [0.5, 0.6) is 5.75 Å². The Morgan fingerprint density at radius 2 is 1.95 bits per heavy atom. The standard InChI is InChI=1S/C15H13N3O2/c1-9-4-2-7-12(13(9)16)15-17-14(18-20-15)10-5-3-6-11(19)8-10/h2-8,19H,16H2,1H3. The van der Waals surface area contributed by atoms with Crippen molar-refractivity contribution in [2.45, 2.75) is 6.92 Å². The SMILES string of the molecule is Cc1cccc(-c2nc(-c3cccc(O)c3)no2)c1N. The van der Waals surface area contributed by atoms with Crippen LogP contribution in [0.25, 0.3) is 22.8 Å². The molecule has 3 N–H and O–H groups in total. The molecule has 3 rings (SSSR count). The summed E-state index contributed by atoms with van der Waals surface area (Å²) in [6, 6.07) is 12.3. The number of nitrogens with zero attached hydrogens (tertiary/aromatic N) is 2. The van der Waals surface area contributed by atoms with Crippen LogP contribution in [0.1, 0.15) is 5.56 Å². The first-order valence-corrected chi connectivity index (χ1v) is 6.14. The molecule has 0 saturated heterocycles. The molecule has 5 heteroatoms. The van der Waals surface area contributed by atoms with Crippen LogP contribution in [0.4, 0.5) is 5.69 Å². The number of nitrogens with two attached hydrogens (primary N) is 1. The fourth-order valence-electron chi connectivity index (χ4n) is 1.96. The third-order valence-electron chi connectivity index (χ3n) is 3.08. The predicted octanol–water partition coefficient (Wildman–Crippen LogP) is 3.00. The van der Waals surface area contributed by atoms with Crippen LogP contribution in [0.15, 0.2) is 47.0 Å². The Kier molecular flexibility index (Phi) is 2.87. The van der Waals surface area contributed by atoms with Gasteiger partial charge in [0, 0.05) is 11.3 Å². The highest BCUT2D eigenvalue weighted by Crippen LogP contribution is 2.29. The maximum absolute atomic E-state index is 9.47. The van der Waals surface area contributed by atoms with Gasteiger partial charge in [0.15, 0.2) is 0 Å². The third kappa shape index (κ3) is 2.09. The number of para-hydroxylation sites is 1. The normalized spacial score (nSPS) is 10.7. The van der Waals surface area contributed by atoms with E-state index in [1.807, 2.05) is 25.1 Å². The Bertz CT molecular complexity index is 765. The molecular formula is C15H13N3O2. The molecule has 0 aliphatic heterocycles. The minimum atomic E-state index is 0.156. The van der Waals surface area contributed by atoms with Gasteiger partial charge >= 0.3 is 0 Å². The molecule has 0 amide bonds. The van der Waals surface area contributed by atoms with E-state index in [-0.39, 0.29) is 5.75 Å². The summed E-state index contributed by atoms with van der Waals surface area (Å²) in [7, 11) is 0. The smallest absolute Gasteiger partial charge is 0.260 e. The number of phenolic OH excluding ortho intramolecular Hbond substituents is 1. The van der Waals surface area contributed by atoms with Crippen LogP contribution >= 0.6 is 0 Å². The largest absolute Gasteiger partial charge is 0.508 e. The summed E-state index contributed by atoms with van der Waals surface area (Å²) in [6.07, 6.45) is 0. The van der Waals surface area contributed by atoms with E-state index >= 15 is 0 Å². The molecule has 0 unspecified atom stereocenters. The lowest BCUT2D eigenvalue weighted by Gasteiger charge is -2.03. The second-order valence-corrected chi connectivity index (χ2v) is 4.51. The first kappa shape index (κ1) is 12.2. The molecule has 2 aromatic carbocycles. The number of phenols is 1. The van der Waals surface area contributed by atoms with Gasteiger partial charge in [0.25, 0.3) is 5.89 Å². The number of aromatic nitrogens is 2. The summed E-state index contributed by atoms with van der Waals surface area (Å²) in [5, 5.41) is 13.4. The average Bonchev–Trinajstić information content (AvgIpc) is 2.91. The van der Waals surface area contributed by atoms with Gasteiger partial charge < -0.3 is 15.4 Å². The first-order valence-electron chi connectivity index (χ1n) is 6.14. The molecule has 0 aliphatic rings. The number of nitrogen functional groups attached to an aromatic ring is 1. The van der Waals surface area contributed by atoms with Crippen LogP contribution in [0.3, 0.4) is 0 Å². The first-order chi connectivity index (χ1) is 9.65. The lowest BCUT2D eigenvalue weighted by atomic mass is 10.1. The maximum Gasteiger partial charge on any atom is 0.260 e. The zero-order valence-corrected chi connectivity index (χ0v) is 10.9. The molecule has 0 spiro atoms. The quantitative estimate of drug-likeness (QED) is 0.697. The lowest BCUT2D eigenvalue weighted by Crippen LogP contribution is -1.93. The maximum atomic E-state index is 9.47. The Hall–Kier alpha value is -2.82. The Morgan fingerprint density at radius 3 is 2.75 bits per heavy atom. The van der Waals surface area contributed by atoms with E-state index < -0.39 is 0 Å². The van der Waals surface area contributed by atoms with E-state index in [0.29, 0.717) is 28.5 Å². The highest BCUT2D eigenvalue weighted by atomic mass is 16.5. The van der Waals surface area contributed by atoms with Crippen molar-refractivity contribution in [1.82, 2.24) is 10.1 Å². The van der Waals surface area contributed by atoms with E-state index in [4.69, 9.17) is 10.3 Å². The summed E-state index contributed by atoms with van der Waals surface area (Å²) < 4.78 is 5.26. The zero-order chi connectivity index (χ0) is 14.1. The van der Waals surface area contributed by atoms with E-state index in [2.05, 4.69) is 10.1 Å². The summed E-state index contributed by atoms with van der Waals surface area (Å²) in [4.78, 5) is 4.32. The van der Waals surface area contributed by atoms with Gasteiger partial charge in [-0.25, -0.2) is 0 Å². The molecule has 20 heavy (non-hydrogen) atoms. The minimum Gasteiger partial charge on any atom is -0.508 e. The van der Waals surface area contributed by atoms with Crippen molar-refractivity contribution < 1.29 is 9.63 Å². The van der Waals surface area contributed by atoms with Gasteiger partial charge in [-0.3, -0.25) is 0 Å². The van der Waals surface area contributed by atoms with Crippen LogP contribution in [-0.4, -0.2) is 15.2 Å². The second kappa shape index (κ2) is 4.70. The van der Waals surface area contributed by atoms with Gasteiger partial charge in [-0.2, -0.15) is 4.98 Å². The molecule has 0 bridgehead atoms. The lowest BCUT2D eigenvalue weighted by molar-refractivity contribution is 0.432. The van der Waals surface area contributed by atoms with Gasteiger partial charge in [-0.15, -0.1) is 0 Å². The molecule has 1 heterocycles. The molecule has 0 radical (unpaired) electrons. The predicted molar refractivity (Wildman–Crippen MR) is 76.0 cm³/mol.